The number of ether oxygens (including phenoxy) is 1. The summed E-state index contributed by atoms with van der Waals surface area (Å²) in [4.78, 5) is 12.8. The second-order valence-electron chi connectivity index (χ2n) is 6.76. The molecule has 0 radical (unpaired) electrons. The lowest BCUT2D eigenvalue weighted by molar-refractivity contribution is -0.114. The lowest BCUT2D eigenvalue weighted by Gasteiger charge is -2.11. The Morgan fingerprint density at radius 2 is 1.83 bits per heavy atom. The average Bonchev–Trinajstić information content (AvgIpc) is 3.03. The molecule has 1 heterocycles. The molecule has 1 amide bonds. The fourth-order valence-electron chi connectivity index (χ4n) is 3.12. The number of halogens is 2. The minimum Gasteiger partial charge on any atom is -0.489 e. The largest absolute Gasteiger partial charge is 0.489 e. The van der Waals surface area contributed by atoms with Crippen LogP contribution in [0.25, 0.3) is 6.08 Å². The number of nitrogens with zero attached hydrogens (tertiary/aromatic N) is 2. The van der Waals surface area contributed by atoms with E-state index in [1.54, 1.807) is 37.3 Å². The highest BCUT2D eigenvalue weighted by Gasteiger charge is 2.28. The van der Waals surface area contributed by atoms with Crippen LogP contribution in [0.15, 0.2) is 83.5 Å². The zero-order chi connectivity index (χ0) is 21.1. The maximum Gasteiger partial charge on any atom is 0.280 e. The van der Waals surface area contributed by atoms with Crippen molar-refractivity contribution >= 4 is 35.0 Å². The maximum atomic E-state index is 13.9. The molecule has 6 heteroatoms. The molecule has 0 N–H and O–H groups in total. The van der Waals surface area contributed by atoms with Crippen LogP contribution in [-0.2, 0) is 11.4 Å². The summed E-state index contributed by atoms with van der Waals surface area (Å²) >= 11 is 6.05. The first-order valence-corrected chi connectivity index (χ1v) is 9.73. The van der Waals surface area contributed by atoms with Gasteiger partial charge in [-0.1, -0.05) is 48.0 Å². The normalized spacial score (nSPS) is 14.9. The Morgan fingerprint density at radius 3 is 2.60 bits per heavy atom. The number of carbonyl (C=O) groups is 1. The molecule has 0 fully saturated rings. The van der Waals surface area contributed by atoms with Gasteiger partial charge in [-0.15, -0.1) is 0 Å². The number of hydrogen-bond donors (Lipinski definition) is 0. The van der Waals surface area contributed by atoms with E-state index in [0.29, 0.717) is 33.3 Å². The lowest BCUT2D eigenvalue weighted by atomic mass is 10.1. The van der Waals surface area contributed by atoms with Gasteiger partial charge in [0.1, 0.15) is 18.2 Å². The van der Waals surface area contributed by atoms with Crippen molar-refractivity contribution in [2.24, 2.45) is 5.10 Å². The number of hydrogen-bond acceptors (Lipinski definition) is 3. The minimum absolute atomic E-state index is 0.00668. The van der Waals surface area contributed by atoms with Crippen LogP contribution in [-0.4, -0.2) is 11.6 Å². The van der Waals surface area contributed by atoms with E-state index in [1.165, 1.54) is 11.1 Å². The summed E-state index contributed by atoms with van der Waals surface area (Å²) in [5, 5.41) is 6.09. The standard InChI is InChI=1S/C24H18ClFN2O2/c1-16-20(24(29)28(27-16)18-8-3-2-4-9-18)14-17-7-5-10-19(13-17)30-15-21-22(25)11-6-12-23(21)26/h2-14H,15H2,1H3/b20-14+. The van der Waals surface area contributed by atoms with Gasteiger partial charge in [-0.05, 0) is 55.0 Å². The van der Waals surface area contributed by atoms with E-state index in [0.717, 1.165) is 5.56 Å². The second kappa shape index (κ2) is 8.51. The van der Waals surface area contributed by atoms with Crippen LogP contribution < -0.4 is 9.75 Å². The second-order valence-corrected chi connectivity index (χ2v) is 7.16. The topological polar surface area (TPSA) is 41.9 Å². The Hall–Kier alpha value is -3.44. The SMILES string of the molecule is CC1=NN(c2ccccc2)C(=O)/C1=C/c1cccc(OCc2c(F)cccc2Cl)c1. The summed E-state index contributed by atoms with van der Waals surface area (Å²) < 4.78 is 19.7. The molecule has 3 aromatic carbocycles. The van der Waals surface area contributed by atoms with Crippen LogP contribution in [0.5, 0.6) is 5.75 Å². The van der Waals surface area contributed by atoms with E-state index in [-0.39, 0.29) is 12.5 Å². The van der Waals surface area contributed by atoms with Crippen LogP contribution in [0.2, 0.25) is 5.02 Å². The van der Waals surface area contributed by atoms with Gasteiger partial charge >= 0.3 is 0 Å². The molecule has 0 bridgehead atoms. The third kappa shape index (κ3) is 4.11. The quantitative estimate of drug-likeness (QED) is 0.485. The summed E-state index contributed by atoms with van der Waals surface area (Å²) in [6.45, 7) is 1.81. The van der Waals surface area contributed by atoms with E-state index in [9.17, 15) is 9.18 Å². The van der Waals surface area contributed by atoms with Crippen molar-refractivity contribution in [1.82, 2.24) is 0 Å². The van der Waals surface area contributed by atoms with Gasteiger partial charge in [0.2, 0.25) is 0 Å². The zero-order valence-corrected chi connectivity index (χ0v) is 16.9. The van der Waals surface area contributed by atoms with Crippen molar-refractivity contribution in [3.63, 3.8) is 0 Å². The van der Waals surface area contributed by atoms with Crippen molar-refractivity contribution in [1.29, 1.82) is 0 Å². The Kier molecular flexibility index (Phi) is 5.63. The van der Waals surface area contributed by atoms with Gasteiger partial charge < -0.3 is 4.74 Å². The Bertz CT molecular complexity index is 1140. The molecule has 0 aromatic heterocycles. The van der Waals surface area contributed by atoms with Crippen LogP contribution in [0.4, 0.5) is 10.1 Å². The minimum atomic E-state index is -0.412. The molecule has 4 rings (SSSR count). The highest BCUT2D eigenvalue weighted by Crippen LogP contribution is 2.26. The van der Waals surface area contributed by atoms with Gasteiger partial charge in [0.25, 0.3) is 5.91 Å². The number of carbonyl (C=O) groups excluding carboxylic acids is 1. The fourth-order valence-corrected chi connectivity index (χ4v) is 3.33. The predicted molar refractivity (Wildman–Crippen MR) is 117 cm³/mol. The summed E-state index contributed by atoms with van der Waals surface area (Å²) in [6, 6.07) is 21.0. The van der Waals surface area contributed by atoms with Crippen LogP contribution in [0.3, 0.4) is 0 Å². The third-order valence-corrected chi connectivity index (χ3v) is 5.03. The Balaban J connectivity index is 1.54. The monoisotopic (exact) mass is 420 g/mol. The average molecular weight is 421 g/mol. The molecular formula is C24H18ClFN2O2. The molecule has 30 heavy (non-hydrogen) atoms. The van der Waals surface area contributed by atoms with Gasteiger partial charge in [0.05, 0.1) is 22.0 Å². The molecule has 0 saturated carbocycles. The van der Waals surface area contributed by atoms with E-state index >= 15 is 0 Å². The maximum absolute atomic E-state index is 13.9. The first-order chi connectivity index (χ1) is 14.5. The molecule has 150 valence electrons. The fraction of sp³-hybridized carbons (Fsp3) is 0.0833. The molecule has 0 spiro atoms. The van der Waals surface area contributed by atoms with Crippen LogP contribution >= 0.6 is 11.6 Å². The van der Waals surface area contributed by atoms with E-state index in [2.05, 4.69) is 5.10 Å². The number of amides is 1. The van der Waals surface area contributed by atoms with E-state index in [1.807, 2.05) is 42.5 Å². The first kappa shape index (κ1) is 19.9. The predicted octanol–water partition coefficient (Wildman–Crippen LogP) is 5.86. The summed E-state index contributed by atoms with van der Waals surface area (Å²) in [5.74, 6) is -0.0584. The van der Waals surface area contributed by atoms with Crippen molar-refractivity contribution in [2.75, 3.05) is 5.01 Å². The van der Waals surface area contributed by atoms with Crippen LogP contribution in [0, 0.1) is 5.82 Å². The van der Waals surface area contributed by atoms with Crippen molar-refractivity contribution in [3.8, 4) is 5.75 Å². The van der Waals surface area contributed by atoms with Gasteiger partial charge in [-0.2, -0.15) is 10.1 Å². The van der Waals surface area contributed by atoms with Gasteiger partial charge in [0, 0.05) is 5.56 Å². The highest BCUT2D eigenvalue weighted by molar-refractivity contribution is 6.32. The molecule has 0 unspecified atom stereocenters. The lowest BCUT2D eigenvalue weighted by Crippen LogP contribution is -2.21. The Labute approximate surface area is 178 Å². The molecular weight excluding hydrogens is 403 g/mol. The zero-order valence-electron chi connectivity index (χ0n) is 16.2. The summed E-state index contributed by atoms with van der Waals surface area (Å²) in [5.41, 5.74) is 2.93. The third-order valence-electron chi connectivity index (χ3n) is 4.68. The Morgan fingerprint density at radius 1 is 1.07 bits per heavy atom. The van der Waals surface area contributed by atoms with E-state index < -0.39 is 5.82 Å². The van der Waals surface area contributed by atoms with Gasteiger partial charge in [-0.3, -0.25) is 4.79 Å². The van der Waals surface area contributed by atoms with Crippen molar-refractivity contribution < 1.29 is 13.9 Å². The number of benzene rings is 3. The van der Waals surface area contributed by atoms with Gasteiger partial charge in [0.15, 0.2) is 0 Å². The van der Waals surface area contributed by atoms with Crippen LogP contribution in [0.1, 0.15) is 18.1 Å². The number of anilines is 1. The number of hydrazone groups is 1. The summed E-state index contributed by atoms with van der Waals surface area (Å²) in [6.07, 6.45) is 1.77. The van der Waals surface area contributed by atoms with Crippen molar-refractivity contribution in [2.45, 2.75) is 13.5 Å². The smallest absolute Gasteiger partial charge is 0.280 e. The highest BCUT2D eigenvalue weighted by atomic mass is 35.5. The molecule has 4 nitrogen and oxygen atoms in total. The first-order valence-electron chi connectivity index (χ1n) is 9.35. The molecule has 1 aliphatic rings. The molecule has 0 aliphatic carbocycles. The summed E-state index contributed by atoms with van der Waals surface area (Å²) in [7, 11) is 0. The molecule has 3 aromatic rings. The number of para-hydroxylation sites is 1. The molecule has 1 aliphatic heterocycles. The van der Waals surface area contributed by atoms with Gasteiger partial charge in [-0.25, -0.2) is 4.39 Å². The van der Waals surface area contributed by atoms with Crippen molar-refractivity contribution in [3.05, 3.63) is 100 Å². The molecule has 0 atom stereocenters. The van der Waals surface area contributed by atoms with E-state index in [4.69, 9.17) is 16.3 Å². The molecule has 0 saturated heterocycles. The number of rotatable bonds is 5.